The molecule has 0 aliphatic carbocycles. The molecule has 2 N–H and O–H groups in total. The Bertz CT molecular complexity index is 540. The summed E-state index contributed by atoms with van der Waals surface area (Å²) in [7, 11) is 0. The zero-order valence-electron chi connectivity index (χ0n) is 10.0. The van der Waals surface area contributed by atoms with Crippen molar-refractivity contribution in [2.75, 3.05) is 0 Å². The second kappa shape index (κ2) is 5.46. The van der Waals surface area contributed by atoms with Crippen LogP contribution in [0, 0.1) is 12.7 Å². The number of aromatic nitrogens is 1. The van der Waals surface area contributed by atoms with Gasteiger partial charge in [0.15, 0.2) is 0 Å². The van der Waals surface area contributed by atoms with Crippen LogP contribution in [-0.2, 0) is 6.42 Å². The molecule has 18 heavy (non-hydrogen) atoms. The monoisotopic (exact) mass is 264 g/mol. The highest BCUT2D eigenvalue weighted by atomic mass is 35.5. The molecule has 0 saturated heterocycles. The van der Waals surface area contributed by atoms with E-state index in [9.17, 15) is 4.39 Å². The van der Waals surface area contributed by atoms with Crippen molar-refractivity contribution in [3.63, 3.8) is 0 Å². The van der Waals surface area contributed by atoms with Crippen LogP contribution in [0.4, 0.5) is 4.39 Å². The van der Waals surface area contributed by atoms with Crippen LogP contribution >= 0.6 is 11.6 Å². The molecule has 1 aromatic carbocycles. The third-order valence-corrected chi connectivity index (χ3v) is 3.08. The number of hydrogen-bond donors (Lipinski definition) is 1. The summed E-state index contributed by atoms with van der Waals surface area (Å²) in [5.74, 6) is -0.443. The first kappa shape index (κ1) is 13.0. The number of rotatable bonds is 3. The van der Waals surface area contributed by atoms with Crippen LogP contribution in [0.2, 0.25) is 5.02 Å². The summed E-state index contributed by atoms with van der Waals surface area (Å²) in [6, 6.07) is 8.27. The molecule has 2 rings (SSSR count). The van der Waals surface area contributed by atoms with E-state index in [2.05, 4.69) is 4.98 Å². The summed E-state index contributed by atoms with van der Waals surface area (Å²) in [6.07, 6.45) is 2.37. The molecule has 94 valence electrons. The third-order valence-electron chi connectivity index (χ3n) is 2.77. The molecule has 0 fully saturated rings. The van der Waals surface area contributed by atoms with Crippen molar-refractivity contribution < 1.29 is 4.39 Å². The maximum absolute atomic E-state index is 13.3. The van der Waals surface area contributed by atoms with Crippen molar-refractivity contribution in [1.82, 2.24) is 4.98 Å². The van der Waals surface area contributed by atoms with E-state index >= 15 is 0 Å². The molecule has 1 heterocycles. The molecular formula is C14H14ClFN2. The molecule has 0 amide bonds. The standard InChI is InChI=1S/C14H14ClFN2/c1-9-2-4-11(18-8-9)7-14(17)10-3-5-12(15)13(16)6-10/h2-6,8,14H,7,17H2,1H3. The van der Waals surface area contributed by atoms with Crippen LogP contribution in [0.5, 0.6) is 0 Å². The average Bonchev–Trinajstić information content (AvgIpc) is 2.35. The lowest BCUT2D eigenvalue weighted by atomic mass is 10.0. The number of pyridine rings is 1. The van der Waals surface area contributed by atoms with Gasteiger partial charge in [-0.25, -0.2) is 4.39 Å². The van der Waals surface area contributed by atoms with Crippen molar-refractivity contribution in [2.24, 2.45) is 5.73 Å². The zero-order valence-corrected chi connectivity index (χ0v) is 10.8. The van der Waals surface area contributed by atoms with Crippen LogP contribution in [0.1, 0.15) is 22.9 Å². The molecule has 0 aliphatic rings. The van der Waals surface area contributed by atoms with Crippen molar-refractivity contribution in [3.05, 3.63) is 64.2 Å². The largest absolute Gasteiger partial charge is 0.324 e. The minimum absolute atomic E-state index is 0.111. The summed E-state index contributed by atoms with van der Waals surface area (Å²) < 4.78 is 13.3. The molecular weight excluding hydrogens is 251 g/mol. The van der Waals surface area contributed by atoms with Gasteiger partial charge in [-0.2, -0.15) is 0 Å². The number of benzene rings is 1. The normalized spacial score (nSPS) is 12.4. The van der Waals surface area contributed by atoms with Crippen LogP contribution in [-0.4, -0.2) is 4.98 Å². The van der Waals surface area contributed by atoms with Gasteiger partial charge in [0.25, 0.3) is 0 Å². The molecule has 0 radical (unpaired) electrons. The minimum atomic E-state index is -0.443. The molecule has 0 saturated carbocycles. The molecule has 0 aliphatic heterocycles. The fourth-order valence-electron chi connectivity index (χ4n) is 1.71. The Kier molecular flexibility index (Phi) is 3.94. The summed E-state index contributed by atoms with van der Waals surface area (Å²) in [5.41, 5.74) is 8.75. The van der Waals surface area contributed by atoms with E-state index in [0.717, 1.165) is 16.8 Å². The fraction of sp³-hybridized carbons (Fsp3) is 0.214. The molecule has 1 unspecified atom stereocenters. The first-order valence-corrected chi connectivity index (χ1v) is 6.06. The zero-order chi connectivity index (χ0) is 13.1. The van der Waals surface area contributed by atoms with Crippen LogP contribution in [0.3, 0.4) is 0 Å². The lowest BCUT2D eigenvalue weighted by Gasteiger charge is -2.12. The van der Waals surface area contributed by atoms with E-state index in [1.165, 1.54) is 12.1 Å². The van der Waals surface area contributed by atoms with Crippen LogP contribution < -0.4 is 5.73 Å². The highest BCUT2D eigenvalue weighted by Gasteiger charge is 2.10. The van der Waals surface area contributed by atoms with Crippen LogP contribution in [0.25, 0.3) is 0 Å². The van der Waals surface area contributed by atoms with Gasteiger partial charge in [-0.3, -0.25) is 4.98 Å². The molecule has 1 atom stereocenters. The first-order chi connectivity index (χ1) is 8.56. The molecule has 4 heteroatoms. The fourth-order valence-corrected chi connectivity index (χ4v) is 1.82. The van der Waals surface area contributed by atoms with Gasteiger partial charge in [0.1, 0.15) is 5.82 Å². The summed E-state index contributed by atoms with van der Waals surface area (Å²) in [4.78, 5) is 4.28. The molecule has 2 nitrogen and oxygen atoms in total. The highest BCUT2D eigenvalue weighted by Crippen LogP contribution is 2.21. The summed E-state index contributed by atoms with van der Waals surface area (Å²) in [5, 5.41) is 0.111. The van der Waals surface area contributed by atoms with Gasteiger partial charge in [0.2, 0.25) is 0 Å². The van der Waals surface area contributed by atoms with E-state index in [1.54, 1.807) is 12.3 Å². The smallest absolute Gasteiger partial charge is 0.142 e. The van der Waals surface area contributed by atoms with E-state index in [1.807, 2.05) is 19.1 Å². The quantitative estimate of drug-likeness (QED) is 0.923. The third kappa shape index (κ3) is 3.06. The summed E-state index contributed by atoms with van der Waals surface area (Å²) >= 11 is 5.63. The average molecular weight is 265 g/mol. The highest BCUT2D eigenvalue weighted by molar-refractivity contribution is 6.30. The van der Waals surface area contributed by atoms with Gasteiger partial charge in [-0.05, 0) is 36.2 Å². The predicted octanol–water partition coefficient (Wildman–Crippen LogP) is 3.43. The Balaban J connectivity index is 2.13. The molecule has 1 aromatic heterocycles. The number of hydrogen-bond acceptors (Lipinski definition) is 2. The second-order valence-electron chi connectivity index (χ2n) is 4.31. The van der Waals surface area contributed by atoms with Crippen molar-refractivity contribution >= 4 is 11.6 Å². The van der Waals surface area contributed by atoms with Gasteiger partial charge >= 0.3 is 0 Å². The van der Waals surface area contributed by atoms with Gasteiger partial charge in [-0.15, -0.1) is 0 Å². The molecule has 0 spiro atoms. The number of nitrogens with zero attached hydrogens (tertiary/aromatic N) is 1. The van der Waals surface area contributed by atoms with E-state index in [0.29, 0.717) is 6.42 Å². The molecule has 2 aromatic rings. The lowest BCUT2D eigenvalue weighted by Crippen LogP contribution is -2.14. The summed E-state index contributed by atoms with van der Waals surface area (Å²) in [6.45, 7) is 1.98. The van der Waals surface area contributed by atoms with Gasteiger partial charge < -0.3 is 5.73 Å². The van der Waals surface area contributed by atoms with Crippen LogP contribution in [0.15, 0.2) is 36.5 Å². The van der Waals surface area contributed by atoms with Gasteiger partial charge in [0, 0.05) is 24.4 Å². The van der Waals surface area contributed by atoms with Gasteiger partial charge in [-0.1, -0.05) is 23.7 Å². The molecule has 0 bridgehead atoms. The number of nitrogens with two attached hydrogens (primary N) is 1. The Labute approximate surface area is 111 Å². The Hall–Kier alpha value is -1.45. The van der Waals surface area contributed by atoms with Gasteiger partial charge in [0.05, 0.1) is 5.02 Å². The Morgan fingerprint density at radius 3 is 2.72 bits per heavy atom. The maximum atomic E-state index is 13.3. The number of aryl methyl sites for hydroxylation is 1. The predicted molar refractivity (Wildman–Crippen MR) is 71.0 cm³/mol. The van der Waals surface area contributed by atoms with E-state index in [4.69, 9.17) is 17.3 Å². The maximum Gasteiger partial charge on any atom is 0.142 e. The topological polar surface area (TPSA) is 38.9 Å². The van der Waals surface area contributed by atoms with Crippen molar-refractivity contribution in [3.8, 4) is 0 Å². The van der Waals surface area contributed by atoms with E-state index in [-0.39, 0.29) is 11.1 Å². The SMILES string of the molecule is Cc1ccc(CC(N)c2ccc(Cl)c(F)c2)nc1. The Morgan fingerprint density at radius 1 is 1.33 bits per heavy atom. The number of halogens is 2. The second-order valence-corrected chi connectivity index (χ2v) is 4.72. The van der Waals surface area contributed by atoms with Crippen molar-refractivity contribution in [1.29, 1.82) is 0 Å². The first-order valence-electron chi connectivity index (χ1n) is 5.68. The Morgan fingerprint density at radius 2 is 2.11 bits per heavy atom. The minimum Gasteiger partial charge on any atom is -0.324 e. The van der Waals surface area contributed by atoms with Crippen molar-refractivity contribution in [2.45, 2.75) is 19.4 Å². The van der Waals surface area contributed by atoms with E-state index < -0.39 is 5.82 Å². The lowest BCUT2D eigenvalue weighted by molar-refractivity contribution is 0.618.